The molecule has 0 aliphatic rings. The first-order valence-electron chi connectivity index (χ1n) is 15.5. The molecule has 0 atom stereocenters. The summed E-state index contributed by atoms with van der Waals surface area (Å²) in [4.78, 5) is 2.31. The van der Waals surface area contributed by atoms with E-state index in [9.17, 15) is 4.39 Å². The second kappa shape index (κ2) is 10.5. The fraction of sp³-hybridized carbons (Fsp3) is 0. The number of aromatic nitrogens is 2. The predicted molar refractivity (Wildman–Crippen MR) is 190 cm³/mol. The Morgan fingerprint density at radius 2 is 0.848 bits per heavy atom. The minimum Gasteiger partial charge on any atom is -0.310 e. The number of rotatable bonds is 5. The molecule has 0 N–H and O–H groups in total. The van der Waals surface area contributed by atoms with E-state index in [2.05, 4.69) is 141 Å². The molecular weight excluding hydrogens is 565 g/mol. The lowest BCUT2D eigenvalue weighted by Gasteiger charge is -2.26. The Hall–Kier alpha value is -6.13. The van der Waals surface area contributed by atoms with Crippen LogP contribution in [0.25, 0.3) is 55.0 Å². The molecule has 0 fully saturated rings. The Morgan fingerprint density at radius 3 is 1.57 bits per heavy atom. The molecular formula is C42H28FN3. The van der Waals surface area contributed by atoms with Crippen LogP contribution < -0.4 is 4.90 Å². The molecule has 0 radical (unpaired) electrons. The molecule has 218 valence electrons. The third-order valence-electron chi connectivity index (χ3n) is 8.93. The van der Waals surface area contributed by atoms with E-state index in [0.717, 1.165) is 55.8 Å². The largest absolute Gasteiger partial charge is 0.310 e. The lowest BCUT2D eigenvalue weighted by Crippen LogP contribution is -2.10. The average molecular weight is 594 g/mol. The van der Waals surface area contributed by atoms with Crippen molar-refractivity contribution in [3.63, 3.8) is 0 Å². The molecule has 0 saturated carbocycles. The molecule has 9 aromatic rings. The number of fused-ring (bicyclic) bond motifs is 6. The van der Waals surface area contributed by atoms with Gasteiger partial charge in [0, 0.05) is 50.0 Å². The van der Waals surface area contributed by atoms with Gasteiger partial charge in [0.1, 0.15) is 5.82 Å². The van der Waals surface area contributed by atoms with Gasteiger partial charge in [0.25, 0.3) is 0 Å². The summed E-state index contributed by atoms with van der Waals surface area (Å²) in [6, 6.07) is 58.2. The van der Waals surface area contributed by atoms with Crippen molar-refractivity contribution in [1.82, 2.24) is 9.13 Å². The highest BCUT2D eigenvalue weighted by Crippen LogP contribution is 2.42. The second-order valence-electron chi connectivity index (χ2n) is 11.6. The molecule has 0 unspecified atom stereocenters. The third kappa shape index (κ3) is 4.11. The lowest BCUT2D eigenvalue weighted by molar-refractivity contribution is 0.629. The molecule has 4 heteroatoms. The molecule has 0 saturated heterocycles. The molecule has 46 heavy (non-hydrogen) atoms. The second-order valence-corrected chi connectivity index (χ2v) is 11.6. The zero-order valence-electron chi connectivity index (χ0n) is 24.9. The number of para-hydroxylation sites is 4. The maximum atomic E-state index is 14.6. The lowest BCUT2D eigenvalue weighted by atomic mass is 10.1. The summed E-state index contributed by atoms with van der Waals surface area (Å²) in [5, 5.41) is 4.30. The summed E-state index contributed by atoms with van der Waals surface area (Å²) in [6.07, 6.45) is 0. The molecule has 0 aliphatic heterocycles. The Morgan fingerprint density at radius 1 is 0.348 bits per heavy atom. The molecule has 2 heterocycles. The maximum absolute atomic E-state index is 14.6. The minimum atomic E-state index is -0.238. The van der Waals surface area contributed by atoms with Gasteiger partial charge in [0.2, 0.25) is 0 Å². The fourth-order valence-corrected chi connectivity index (χ4v) is 6.96. The summed E-state index contributed by atoms with van der Waals surface area (Å²) >= 11 is 0. The zero-order chi connectivity index (χ0) is 30.6. The van der Waals surface area contributed by atoms with E-state index in [4.69, 9.17) is 0 Å². The Bertz CT molecular complexity index is 2530. The van der Waals surface area contributed by atoms with Crippen LogP contribution in [0, 0.1) is 5.82 Å². The van der Waals surface area contributed by atoms with Gasteiger partial charge < -0.3 is 14.0 Å². The van der Waals surface area contributed by atoms with Gasteiger partial charge in [-0.1, -0.05) is 78.9 Å². The zero-order valence-corrected chi connectivity index (χ0v) is 24.9. The summed E-state index contributed by atoms with van der Waals surface area (Å²) in [6.45, 7) is 0. The highest BCUT2D eigenvalue weighted by atomic mass is 19.1. The van der Waals surface area contributed by atoms with Gasteiger partial charge in [-0.15, -0.1) is 0 Å². The van der Waals surface area contributed by atoms with Crippen LogP contribution in [-0.4, -0.2) is 9.13 Å². The maximum Gasteiger partial charge on any atom is 0.123 e. The number of benzene rings is 7. The van der Waals surface area contributed by atoms with E-state index in [1.807, 2.05) is 30.3 Å². The number of halogens is 1. The van der Waals surface area contributed by atoms with Crippen LogP contribution in [0.15, 0.2) is 170 Å². The number of hydrogen-bond donors (Lipinski definition) is 0. The summed E-state index contributed by atoms with van der Waals surface area (Å²) in [7, 11) is 0. The Labute approximate surface area is 265 Å². The molecule has 0 amide bonds. The van der Waals surface area contributed by atoms with Gasteiger partial charge in [0.05, 0.1) is 22.1 Å². The van der Waals surface area contributed by atoms with Crippen molar-refractivity contribution in [3.8, 4) is 11.4 Å². The highest BCUT2D eigenvalue weighted by Gasteiger charge is 2.20. The van der Waals surface area contributed by atoms with E-state index < -0.39 is 0 Å². The normalized spacial score (nSPS) is 11.6. The minimum absolute atomic E-state index is 0.238. The van der Waals surface area contributed by atoms with Gasteiger partial charge in [-0.25, -0.2) is 4.39 Å². The van der Waals surface area contributed by atoms with Crippen LogP contribution in [0.3, 0.4) is 0 Å². The van der Waals surface area contributed by atoms with Crippen molar-refractivity contribution in [2.75, 3.05) is 4.90 Å². The van der Waals surface area contributed by atoms with Gasteiger partial charge in [0.15, 0.2) is 0 Å². The Kier molecular flexibility index (Phi) is 6.00. The fourth-order valence-electron chi connectivity index (χ4n) is 6.96. The number of hydrogen-bond acceptors (Lipinski definition) is 1. The van der Waals surface area contributed by atoms with Crippen molar-refractivity contribution in [1.29, 1.82) is 0 Å². The highest BCUT2D eigenvalue weighted by molar-refractivity contribution is 6.12. The smallest absolute Gasteiger partial charge is 0.123 e. The molecule has 9 rings (SSSR count). The van der Waals surface area contributed by atoms with Gasteiger partial charge in [-0.2, -0.15) is 0 Å². The van der Waals surface area contributed by atoms with Crippen LogP contribution in [0.2, 0.25) is 0 Å². The first kappa shape index (κ1) is 26.3. The van der Waals surface area contributed by atoms with E-state index in [-0.39, 0.29) is 5.82 Å². The van der Waals surface area contributed by atoms with Crippen LogP contribution in [0.5, 0.6) is 0 Å². The van der Waals surface area contributed by atoms with Crippen molar-refractivity contribution in [3.05, 3.63) is 176 Å². The molecule has 0 aliphatic carbocycles. The summed E-state index contributed by atoms with van der Waals surface area (Å²) in [5.41, 5.74) is 9.63. The first-order chi connectivity index (χ1) is 22.7. The molecule has 7 aromatic carbocycles. The van der Waals surface area contributed by atoms with Crippen LogP contribution in [-0.2, 0) is 0 Å². The van der Waals surface area contributed by atoms with Crippen molar-refractivity contribution in [2.24, 2.45) is 0 Å². The average Bonchev–Trinajstić information content (AvgIpc) is 3.61. The van der Waals surface area contributed by atoms with Crippen LogP contribution in [0.1, 0.15) is 0 Å². The van der Waals surface area contributed by atoms with Crippen molar-refractivity contribution < 1.29 is 4.39 Å². The van der Waals surface area contributed by atoms with Crippen molar-refractivity contribution >= 4 is 60.7 Å². The van der Waals surface area contributed by atoms with E-state index >= 15 is 0 Å². The molecule has 0 bridgehead atoms. The number of anilines is 3. The van der Waals surface area contributed by atoms with E-state index in [1.54, 1.807) is 12.1 Å². The van der Waals surface area contributed by atoms with E-state index in [1.165, 1.54) is 16.3 Å². The predicted octanol–water partition coefficient (Wildman–Crippen LogP) is 11.5. The first-order valence-corrected chi connectivity index (χ1v) is 15.5. The van der Waals surface area contributed by atoms with Gasteiger partial charge in [-0.3, -0.25) is 0 Å². The molecule has 3 nitrogen and oxygen atoms in total. The van der Waals surface area contributed by atoms with Crippen LogP contribution >= 0.6 is 0 Å². The standard InChI is InChI=1S/C42H28FN3/c43-29-20-24-40-37(26-29)36-23-21-34(28-42(36)46(40)32-16-8-3-9-17-32)44(30-12-4-1-5-13-30)33-22-25-41-38(27-33)35-18-10-11-19-39(35)45(41)31-14-6-2-7-15-31/h1-28H. The molecule has 2 aromatic heterocycles. The Balaban J connectivity index is 1.30. The SMILES string of the molecule is Fc1ccc2c(c1)c1ccc(N(c3ccccc3)c3ccc4c(c3)c3ccccc3n4-c3ccccc3)cc1n2-c1ccccc1. The topological polar surface area (TPSA) is 13.1 Å². The summed E-state index contributed by atoms with van der Waals surface area (Å²) in [5.74, 6) is -0.238. The third-order valence-corrected chi connectivity index (χ3v) is 8.93. The van der Waals surface area contributed by atoms with Crippen LogP contribution in [0.4, 0.5) is 21.5 Å². The molecule has 0 spiro atoms. The van der Waals surface area contributed by atoms with Gasteiger partial charge >= 0.3 is 0 Å². The van der Waals surface area contributed by atoms with E-state index in [0.29, 0.717) is 0 Å². The summed E-state index contributed by atoms with van der Waals surface area (Å²) < 4.78 is 19.1. The quantitative estimate of drug-likeness (QED) is 0.193. The van der Waals surface area contributed by atoms with Gasteiger partial charge in [-0.05, 0) is 91.0 Å². The monoisotopic (exact) mass is 593 g/mol. The van der Waals surface area contributed by atoms with Crippen molar-refractivity contribution in [2.45, 2.75) is 0 Å². The number of nitrogens with zero attached hydrogens (tertiary/aromatic N) is 3.